The monoisotopic (exact) mass is 413 g/mol. The molecule has 2 heterocycles. The van der Waals surface area contributed by atoms with Gasteiger partial charge in [-0.15, -0.1) is 0 Å². The summed E-state index contributed by atoms with van der Waals surface area (Å²) < 4.78 is 40.4. The molecule has 0 saturated carbocycles. The molecule has 0 saturated heterocycles. The molecule has 0 bridgehead atoms. The van der Waals surface area contributed by atoms with Crippen LogP contribution in [0.15, 0.2) is 42.6 Å². The summed E-state index contributed by atoms with van der Waals surface area (Å²) in [7, 11) is 1.56. The van der Waals surface area contributed by atoms with E-state index in [0.717, 1.165) is 24.1 Å². The summed E-state index contributed by atoms with van der Waals surface area (Å²) >= 11 is 0. The van der Waals surface area contributed by atoms with Crippen molar-refractivity contribution in [3.8, 4) is 17.2 Å². The smallest absolute Gasteiger partial charge is 0.226 e. The average Bonchev–Trinajstić information content (AvgIpc) is 3.15. The van der Waals surface area contributed by atoms with E-state index in [-0.39, 0.29) is 23.9 Å². The van der Waals surface area contributed by atoms with Crippen LogP contribution in [0.3, 0.4) is 0 Å². The van der Waals surface area contributed by atoms with Crippen LogP contribution < -0.4 is 14.8 Å². The van der Waals surface area contributed by atoms with Crippen molar-refractivity contribution >= 4 is 11.7 Å². The molecule has 0 radical (unpaired) electrons. The van der Waals surface area contributed by atoms with Gasteiger partial charge in [0.25, 0.3) is 0 Å². The van der Waals surface area contributed by atoms with Crippen LogP contribution in [0.25, 0.3) is 5.69 Å². The minimum atomic E-state index is -0.773. The Labute approximate surface area is 172 Å². The summed E-state index contributed by atoms with van der Waals surface area (Å²) in [5, 5.41) is 7.04. The van der Waals surface area contributed by atoms with Crippen molar-refractivity contribution in [2.24, 2.45) is 0 Å². The third-order valence-corrected chi connectivity index (χ3v) is 5.01. The van der Waals surface area contributed by atoms with Crippen molar-refractivity contribution < 1.29 is 23.0 Å². The Bertz CT molecular complexity index is 1100. The standard InChI is InChI=1S/C22H21F2N3O3/c1-3-9-30-21-14(5-4-6-19(21)29-2)15-11-20(28)26-22-16(15)12-25-27(22)18-8-7-13(23)10-17(18)24/h4-8,10,12,15H,3,9,11H2,1-2H3,(H,26,28)/t15-/m0/s1. The van der Waals surface area contributed by atoms with Gasteiger partial charge in [-0.2, -0.15) is 5.10 Å². The van der Waals surface area contributed by atoms with Gasteiger partial charge in [-0.3, -0.25) is 4.79 Å². The fourth-order valence-corrected chi connectivity index (χ4v) is 3.66. The van der Waals surface area contributed by atoms with Crippen LogP contribution in [0.4, 0.5) is 14.6 Å². The Balaban J connectivity index is 1.83. The van der Waals surface area contributed by atoms with Gasteiger partial charge < -0.3 is 14.8 Å². The van der Waals surface area contributed by atoms with E-state index in [1.165, 1.54) is 10.7 Å². The summed E-state index contributed by atoms with van der Waals surface area (Å²) in [6, 6.07) is 8.74. The van der Waals surface area contributed by atoms with Crippen molar-refractivity contribution in [1.29, 1.82) is 0 Å². The summed E-state index contributed by atoms with van der Waals surface area (Å²) in [4.78, 5) is 12.5. The Kier molecular flexibility index (Phi) is 5.39. The lowest BCUT2D eigenvalue weighted by Gasteiger charge is -2.26. The quantitative estimate of drug-likeness (QED) is 0.650. The third-order valence-electron chi connectivity index (χ3n) is 5.01. The predicted octanol–water partition coefficient (Wildman–Crippen LogP) is 4.42. The number of carbonyl (C=O) groups is 1. The Morgan fingerprint density at radius 2 is 2.07 bits per heavy atom. The van der Waals surface area contributed by atoms with Crippen LogP contribution in [0, 0.1) is 11.6 Å². The maximum atomic E-state index is 14.4. The number of fused-ring (bicyclic) bond motifs is 1. The second-order valence-corrected chi connectivity index (χ2v) is 6.99. The highest BCUT2D eigenvalue weighted by molar-refractivity contribution is 5.95. The van der Waals surface area contributed by atoms with E-state index in [4.69, 9.17) is 9.47 Å². The average molecular weight is 413 g/mol. The van der Waals surface area contributed by atoms with E-state index in [0.29, 0.717) is 29.5 Å². The highest BCUT2D eigenvalue weighted by Crippen LogP contribution is 2.44. The normalized spacial score (nSPS) is 15.5. The van der Waals surface area contributed by atoms with E-state index >= 15 is 0 Å². The zero-order chi connectivity index (χ0) is 21.3. The molecule has 0 fully saturated rings. The minimum Gasteiger partial charge on any atom is -0.493 e. The first-order valence-corrected chi connectivity index (χ1v) is 9.66. The molecular weight excluding hydrogens is 392 g/mol. The Morgan fingerprint density at radius 1 is 1.23 bits per heavy atom. The molecule has 1 aromatic heterocycles. The van der Waals surface area contributed by atoms with Crippen molar-refractivity contribution in [1.82, 2.24) is 9.78 Å². The first kappa shape index (κ1) is 19.9. The molecule has 0 spiro atoms. The van der Waals surface area contributed by atoms with Gasteiger partial charge in [-0.25, -0.2) is 13.5 Å². The molecule has 4 rings (SSSR count). The molecule has 1 aliphatic rings. The second-order valence-electron chi connectivity index (χ2n) is 6.99. The number of para-hydroxylation sites is 1. The Hall–Kier alpha value is -3.42. The lowest BCUT2D eigenvalue weighted by Crippen LogP contribution is -2.25. The Morgan fingerprint density at radius 3 is 2.80 bits per heavy atom. The molecule has 3 aromatic rings. The second kappa shape index (κ2) is 8.14. The summed E-state index contributed by atoms with van der Waals surface area (Å²) in [6.07, 6.45) is 2.58. The van der Waals surface area contributed by atoms with Crippen LogP contribution >= 0.6 is 0 Å². The molecule has 6 nitrogen and oxygen atoms in total. The van der Waals surface area contributed by atoms with Crippen LogP contribution in [-0.2, 0) is 4.79 Å². The summed E-state index contributed by atoms with van der Waals surface area (Å²) in [5.41, 5.74) is 1.55. The number of halogens is 2. The number of carbonyl (C=O) groups excluding carboxylic acids is 1. The number of amides is 1. The van der Waals surface area contributed by atoms with E-state index < -0.39 is 11.6 Å². The molecule has 1 aliphatic heterocycles. The summed E-state index contributed by atoms with van der Waals surface area (Å²) in [5.74, 6) is -0.544. The molecular formula is C22H21F2N3O3. The third kappa shape index (κ3) is 3.49. The van der Waals surface area contributed by atoms with E-state index in [1.807, 2.05) is 19.1 Å². The topological polar surface area (TPSA) is 65.4 Å². The van der Waals surface area contributed by atoms with Crippen LogP contribution in [-0.4, -0.2) is 29.4 Å². The molecule has 30 heavy (non-hydrogen) atoms. The number of hydrogen-bond donors (Lipinski definition) is 1. The van der Waals surface area contributed by atoms with E-state index in [1.54, 1.807) is 19.4 Å². The van der Waals surface area contributed by atoms with Crippen molar-refractivity contribution in [2.45, 2.75) is 25.7 Å². The molecule has 156 valence electrons. The first-order chi connectivity index (χ1) is 14.5. The van der Waals surface area contributed by atoms with E-state index in [9.17, 15) is 13.6 Å². The van der Waals surface area contributed by atoms with Gasteiger partial charge in [-0.1, -0.05) is 19.1 Å². The van der Waals surface area contributed by atoms with Crippen molar-refractivity contribution in [3.63, 3.8) is 0 Å². The predicted molar refractivity (Wildman–Crippen MR) is 107 cm³/mol. The van der Waals surface area contributed by atoms with Crippen molar-refractivity contribution in [2.75, 3.05) is 19.0 Å². The lowest BCUT2D eigenvalue weighted by atomic mass is 9.86. The molecule has 0 aliphatic carbocycles. The van der Waals surface area contributed by atoms with Gasteiger partial charge >= 0.3 is 0 Å². The zero-order valence-electron chi connectivity index (χ0n) is 16.6. The highest BCUT2D eigenvalue weighted by atomic mass is 19.1. The number of anilines is 1. The fraction of sp³-hybridized carbons (Fsp3) is 0.273. The minimum absolute atomic E-state index is 0.0479. The lowest BCUT2D eigenvalue weighted by molar-refractivity contribution is -0.116. The van der Waals surface area contributed by atoms with Crippen molar-refractivity contribution in [3.05, 3.63) is 65.4 Å². The molecule has 2 aromatic carbocycles. The first-order valence-electron chi connectivity index (χ1n) is 9.66. The number of methoxy groups -OCH3 is 1. The maximum absolute atomic E-state index is 14.4. The van der Waals surface area contributed by atoms with Gasteiger partial charge in [0.15, 0.2) is 17.3 Å². The zero-order valence-corrected chi connectivity index (χ0v) is 16.6. The van der Waals surface area contributed by atoms with Crippen LogP contribution in [0.5, 0.6) is 11.5 Å². The molecule has 1 atom stereocenters. The van der Waals surface area contributed by atoms with Gasteiger partial charge in [-0.05, 0) is 24.6 Å². The molecule has 8 heteroatoms. The van der Waals surface area contributed by atoms with Gasteiger partial charge in [0.05, 0.1) is 19.9 Å². The van der Waals surface area contributed by atoms with E-state index in [2.05, 4.69) is 10.4 Å². The number of nitrogens with zero attached hydrogens (tertiary/aromatic N) is 2. The largest absolute Gasteiger partial charge is 0.493 e. The SMILES string of the molecule is CCCOc1c(OC)cccc1[C@@H]1CC(=O)Nc2c1cnn2-c1ccc(F)cc1F. The number of benzene rings is 2. The van der Waals surface area contributed by atoms with Gasteiger partial charge in [0.2, 0.25) is 5.91 Å². The maximum Gasteiger partial charge on any atom is 0.226 e. The number of nitrogens with one attached hydrogen (secondary N) is 1. The number of hydrogen-bond acceptors (Lipinski definition) is 4. The molecule has 0 unspecified atom stereocenters. The molecule has 1 amide bonds. The number of rotatable bonds is 6. The summed E-state index contributed by atoms with van der Waals surface area (Å²) in [6.45, 7) is 2.50. The highest BCUT2D eigenvalue weighted by Gasteiger charge is 2.33. The van der Waals surface area contributed by atoms with Gasteiger partial charge in [0, 0.05) is 29.5 Å². The number of aromatic nitrogens is 2. The van der Waals surface area contributed by atoms with Gasteiger partial charge in [0.1, 0.15) is 17.3 Å². The van der Waals surface area contributed by atoms with Crippen LogP contribution in [0.2, 0.25) is 0 Å². The molecule has 1 N–H and O–H groups in total. The fourth-order valence-electron chi connectivity index (χ4n) is 3.66. The van der Waals surface area contributed by atoms with Crippen LogP contribution in [0.1, 0.15) is 36.8 Å². The number of ether oxygens (including phenoxy) is 2.